The third-order valence-corrected chi connectivity index (χ3v) is 5.50. The molecule has 3 nitrogen and oxygen atoms in total. The van der Waals surface area contributed by atoms with Gasteiger partial charge in [-0.05, 0) is 25.0 Å². The van der Waals surface area contributed by atoms with Crippen LogP contribution in [0.5, 0.6) is 0 Å². The van der Waals surface area contributed by atoms with Crippen LogP contribution in [0.25, 0.3) is 32.3 Å². The average molecular weight is 370 g/mol. The number of aryl methyl sites for hydroxylation is 1. The maximum atomic E-state index is 11.4. The summed E-state index contributed by atoms with van der Waals surface area (Å²) in [6.45, 7) is 3.66. The van der Waals surface area contributed by atoms with Crippen molar-refractivity contribution in [2.75, 3.05) is 0 Å². The van der Waals surface area contributed by atoms with E-state index in [1.165, 1.54) is 16.7 Å². The molecule has 0 saturated carbocycles. The standard InChI is InChI=1S/C23H18N2OS/c1-15-3-5-18(6-4-15)19-9-13-21(14-10-19)23-25-24-22(27-23)20-11-7-17(8-12-20)16(2)26/h3-14H,1-2H3. The fourth-order valence-electron chi connectivity index (χ4n) is 2.86. The molecule has 1 aromatic heterocycles. The first-order chi connectivity index (χ1) is 13.1. The van der Waals surface area contributed by atoms with Gasteiger partial charge in [0.15, 0.2) is 5.78 Å². The molecule has 0 aliphatic carbocycles. The van der Waals surface area contributed by atoms with Gasteiger partial charge < -0.3 is 0 Å². The first-order valence-corrected chi connectivity index (χ1v) is 9.54. The first kappa shape index (κ1) is 17.3. The summed E-state index contributed by atoms with van der Waals surface area (Å²) in [5.74, 6) is 0.0631. The summed E-state index contributed by atoms with van der Waals surface area (Å²) in [6.07, 6.45) is 0. The Morgan fingerprint density at radius 3 is 1.56 bits per heavy atom. The van der Waals surface area contributed by atoms with Crippen molar-refractivity contribution in [3.63, 3.8) is 0 Å². The lowest BCUT2D eigenvalue weighted by Gasteiger charge is -2.03. The van der Waals surface area contributed by atoms with Crippen LogP contribution < -0.4 is 0 Å². The molecule has 0 unspecified atom stereocenters. The Hall–Kier alpha value is -3.11. The van der Waals surface area contributed by atoms with Crippen LogP contribution in [0.2, 0.25) is 0 Å². The van der Waals surface area contributed by atoms with E-state index >= 15 is 0 Å². The van der Waals surface area contributed by atoms with Crippen LogP contribution in [-0.2, 0) is 0 Å². The number of nitrogens with zero attached hydrogens (tertiary/aromatic N) is 2. The molecule has 0 bridgehead atoms. The second-order valence-corrected chi connectivity index (χ2v) is 7.47. The third kappa shape index (κ3) is 3.71. The molecule has 0 aliphatic rings. The molecular weight excluding hydrogens is 352 g/mol. The van der Waals surface area contributed by atoms with Crippen LogP contribution in [0.3, 0.4) is 0 Å². The highest BCUT2D eigenvalue weighted by atomic mass is 32.1. The second kappa shape index (κ2) is 7.25. The molecule has 0 fully saturated rings. The summed E-state index contributed by atoms with van der Waals surface area (Å²) < 4.78 is 0. The lowest BCUT2D eigenvalue weighted by atomic mass is 10.0. The Balaban J connectivity index is 1.57. The van der Waals surface area contributed by atoms with E-state index in [-0.39, 0.29) is 5.78 Å². The number of aromatic nitrogens is 2. The van der Waals surface area contributed by atoms with Crippen molar-refractivity contribution in [1.29, 1.82) is 0 Å². The summed E-state index contributed by atoms with van der Waals surface area (Å²) in [6, 6.07) is 24.4. The molecule has 0 atom stereocenters. The van der Waals surface area contributed by atoms with Crippen LogP contribution in [-0.4, -0.2) is 16.0 Å². The van der Waals surface area contributed by atoms with Gasteiger partial charge in [-0.2, -0.15) is 0 Å². The molecule has 27 heavy (non-hydrogen) atoms. The van der Waals surface area contributed by atoms with Gasteiger partial charge >= 0.3 is 0 Å². The molecule has 4 aromatic rings. The van der Waals surface area contributed by atoms with Crippen LogP contribution in [0, 0.1) is 6.92 Å². The second-order valence-electron chi connectivity index (χ2n) is 6.49. The highest BCUT2D eigenvalue weighted by molar-refractivity contribution is 7.17. The SMILES string of the molecule is CC(=O)c1ccc(-c2nnc(-c3ccc(-c4ccc(C)cc4)cc3)s2)cc1. The van der Waals surface area contributed by atoms with Crippen LogP contribution in [0.15, 0.2) is 72.8 Å². The monoisotopic (exact) mass is 370 g/mol. The van der Waals surface area contributed by atoms with Crippen LogP contribution >= 0.6 is 11.3 Å². The van der Waals surface area contributed by atoms with E-state index in [2.05, 4.69) is 65.7 Å². The van der Waals surface area contributed by atoms with Crippen molar-refractivity contribution in [2.24, 2.45) is 0 Å². The molecule has 3 aromatic carbocycles. The minimum atomic E-state index is 0.0631. The van der Waals surface area contributed by atoms with E-state index in [4.69, 9.17) is 0 Å². The summed E-state index contributed by atoms with van der Waals surface area (Å²) >= 11 is 1.55. The largest absolute Gasteiger partial charge is 0.295 e. The van der Waals surface area contributed by atoms with E-state index in [0.29, 0.717) is 5.56 Å². The molecule has 0 aliphatic heterocycles. The first-order valence-electron chi connectivity index (χ1n) is 8.72. The summed E-state index contributed by atoms with van der Waals surface area (Å²) in [7, 11) is 0. The average Bonchev–Trinajstić information content (AvgIpc) is 3.19. The maximum Gasteiger partial charge on any atom is 0.159 e. The molecule has 132 valence electrons. The van der Waals surface area contributed by atoms with E-state index in [1.807, 2.05) is 24.3 Å². The van der Waals surface area contributed by atoms with Crippen molar-refractivity contribution in [1.82, 2.24) is 10.2 Å². The van der Waals surface area contributed by atoms with Gasteiger partial charge in [-0.3, -0.25) is 4.79 Å². The summed E-state index contributed by atoms with van der Waals surface area (Å²) in [5.41, 5.74) is 6.37. The highest BCUT2D eigenvalue weighted by Crippen LogP contribution is 2.31. The number of rotatable bonds is 4. The third-order valence-electron chi connectivity index (χ3n) is 4.48. The number of hydrogen-bond donors (Lipinski definition) is 0. The zero-order chi connectivity index (χ0) is 18.8. The van der Waals surface area contributed by atoms with Gasteiger partial charge in [0.05, 0.1) is 0 Å². The number of hydrogen-bond acceptors (Lipinski definition) is 4. The van der Waals surface area contributed by atoms with Crippen molar-refractivity contribution in [3.8, 4) is 32.3 Å². The minimum Gasteiger partial charge on any atom is -0.295 e. The quantitative estimate of drug-likeness (QED) is 0.411. The molecule has 0 radical (unpaired) electrons. The molecule has 4 heteroatoms. The van der Waals surface area contributed by atoms with Crippen molar-refractivity contribution < 1.29 is 4.79 Å². The molecular formula is C23H18N2OS. The summed E-state index contributed by atoms with van der Waals surface area (Å²) in [5, 5.41) is 10.4. The smallest absolute Gasteiger partial charge is 0.159 e. The lowest BCUT2D eigenvalue weighted by molar-refractivity contribution is 0.101. The van der Waals surface area contributed by atoms with Crippen molar-refractivity contribution in [2.45, 2.75) is 13.8 Å². The molecule has 1 heterocycles. The zero-order valence-corrected chi connectivity index (χ0v) is 16.0. The number of carbonyl (C=O) groups excluding carboxylic acids is 1. The van der Waals surface area contributed by atoms with Crippen LogP contribution in [0.1, 0.15) is 22.8 Å². The normalized spacial score (nSPS) is 10.7. The van der Waals surface area contributed by atoms with Gasteiger partial charge in [-0.15, -0.1) is 10.2 Å². The minimum absolute atomic E-state index is 0.0631. The Morgan fingerprint density at radius 1 is 0.667 bits per heavy atom. The Labute approximate surface area is 162 Å². The van der Waals surface area contributed by atoms with E-state index in [0.717, 1.165) is 21.1 Å². The van der Waals surface area contributed by atoms with Crippen LogP contribution in [0.4, 0.5) is 0 Å². The van der Waals surface area contributed by atoms with Gasteiger partial charge in [0.25, 0.3) is 0 Å². The zero-order valence-electron chi connectivity index (χ0n) is 15.1. The van der Waals surface area contributed by atoms with E-state index in [9.17, 15) is 4.79 Å². The Bertz CT molecular complexity index is 1080. The molecule has 0 saturated heterocycles. The molecule has 0 N–H and O–H groups in total. The van der Waals surface area contributed by atoms with Gasteiger partial charge in [0, 0.05) is 16.7 Å². The van der Waals surface area contributed by atoms with Gasteiger partial charge in [0.1, 0.15) is 10.0 Å². The molecule has 0 amide bonds. The van der Waals surface area contributed by atoms with E-state index in [1.54, 1.807) is 18.3 Å². The molecule has 4 rings (SSSR count). The number of ketones is 1. The predicted molar refractivity (Wildman–Crippen MR) is 111 cm³/mol. The summed E-state index contributed by atoms with van der Waals surface area (Å²) in [4.78, 5) is 11.4. The van der Waals surface area contributed by atoms with Gasteiger partial charge in [0.2, 0.25) is 0 Å². The highest BCUT2D eigenvalue weighted by Gasteiger charge is 2.10. The van der Waals surface area contributed by atoms with Gasteiger partial charge in [-0.25, -0.2) is 0 Å². The lowest BCUT2D eigenvalue weighted by Crippen LogP contribution is -1.90. The fourth-order valence-corrected chi connectivity index (χ4v) is 3.71. The van der Waals surface area contributed by atoms with Crippen molar-refractivity contribution in [3.05, 3.63) is 83.9 Å². The van der Waals surface area contributed by atoms with Gasteiger partial charge in [-0.1, -0.05) is 89.7 Å². The molecule has 0 spiro atoms. The number of benzene rings is 3. The Morgan fingerprint density at radius 2 is 1.07 bits per heavy atom. The maximum absolute atomic E-state index is 11.4. The predicted octanol–water partition coefficient (Wildman–Crippen LogP) is 6.05. The Kier molecular flexibility index (Phi) is 4.65. The van der Waals surface area contributed by atoms with Crippen molar-refractivity contribution >= 4 is 17.1 Å². The van der Waals surface area contributed by atoms with E-state index < -0.39 is 0 Å². The topological polar surface area (TPSA) is 42.9 Å². The number of Topliss-reactive ketones (excluding diaryl/α,β-unsaturated/α-hetero) is 1. The fraction of sp³-hybridized carbons (Fsp3) is 0.0870. The number of carbonyl (C=O) groups is 1.